The minimum Gasteiger partial charge on any atom is -0.508 e. The highest BCUT2D eigenvalue weighted by Crippen LogP contribution is 2.26. The number of phenolic OH excluding ortho intramolecular Hbond substituents is 1. The van der Waals surface area contributed by atoms with E-state index in [9.17, 15) is 5.11 Å². The van der Waals surface area contributed by atoms with Crippen molar-refractivity contribution in [1.82, 2.24) is 0 Å². The van der Waals surface area contributed by atoms with E-state index in [1.165, 1.54) is 11.1 Å². The average molecular weight is 269 g/mol. The predicted molar refractivity (Wildman–Crippen MR) is 85.3 cm³/mol. The Labute approximate surface area is 121 Å². The summed E-state index contributed by atoms with van der Waals surface area (Å²) in [6, 6.07) is 16.1. The van der Waals surface area contributed by atoms with Gasteiger partial charge in [0.2, 0.25) is 0 Å². The van der Waals surface area contributed by atoms with Crippen LogP contribution >= 0.6 is 0 Å². The Morgan fingerprint density at radius 2 is 1.65 bits per heavy atom. The number of hydrogen-bond donors (Lipinski definition) is 2. The van der Waals surface area contributed by atoms with Crippen LogP contribution in [0.1, 0.15) is 44.9 Å². The second-order valence-corrected chi connectivity index (χ2v) is 6.29. The molecule has 0 aliphatic carbocycles. The summed E-state index contributed by atoms with van der Waals surface area (Å²) in [6.45, 7) is 8.78. The minimum atomic E-state index is 0.181. The van der Waals surface area contributed by atoms with Gasteiger partial charge in [-0.1, -0.05) is 51.1 Å². The Bertz CT molecular complexity index is 567. The molecule has 0 amide bonds. The summed E-state index contributed by atoms with van der Waals surface area (Å²) in [5.74, 6) is 0.283. The minimum absolute atomic E-state index is 0.181. The smallest absolute Gasteiger partial charge is 0.117 e. The molecule has 0 fully saturated rings. The van der Waals surface area contributed by atoms with Crippen molar-refractivity contribution in [2.75, 3.05) is 5.32 Å². The summed E-state index contributed by atoms with van der Waals surface area (Å²) in [7, 11) is 0. The van der Waals surface area contributed by atoms with Gasteiger partial charge in [0, 0.05) is 17.8 Å². The lowest BCUT2D eigenvalue weighted by atomic mass is 9.86. The standard InChI is InChI=1S/C18H23NO/c1-13(19-16-6-5-7-17(20)12-16)14-8-10-15(11-9-14)18(2,3)4/h5-13,19-20H,1-4H3. The van der Waals surface area contributed by atoms with E-state index in [4.69, 9.17) is 0 Å². The number of nitrogens with one attached hydrogen (secondary N) is 1. The molecule has 0 aliphatic heterocycles. The van der Waals surface area contributed by atoms with Crippen LogP contribution in [0.25, 0.3) is 0 Å². The Morgan fingerprint density at radius 1 is 1.00 bits per heavy atom. The number of rotatable bonds is 3. The maximum absolute atomic E-state index is 9.48. The van der Waals surface area contributed by atoms with Crippen LogP contribution in [0.5, 0.6) is 5.75 Å². The third-order valence-corrected chi connectivity index (χ3v) is 3.51. The van der Waals surface area contributed by atoms with Gasteiger partial charge in [-0.25, -0.2) is 0 Å². The van der Waals surface area contributed by atoms with Crippen LogP contribution in [-0.2, 0) is 5.41 Å². The van der Waals surface area contributed by atoms with Crippen molar-refractivity contribution < 1.29 is 5.11 Å². The van der Waals surface area contributed by atoms with Crippen LogP contribution in [0.2, 0.25) is 0 Å². The van der Waals surface area contributed by atoms with Crippen molar-refractivity contribution >= 4 is 5.69 Å². The Balaban J connectivity index is 2.11. The molecule has 2 N–H and O–H groups in total. The summed E-state index contributed by atoms with van der Waals surface area (Å²) < 4.78 is 0. The summed E-state index contributed by atoms with van der Waals surface area (Å²) in [4.78, 5) is 0. The van der Waals surface area contributed by atoms with E-state index in [0.717, 1.165) is 5.69 Å². The van der Waals surface area contributed by atoms with E-state index in [-0.39, 0.29) is 17.2 Å². The van der Waals surface area contributed by atoms with Crippen molar-refractivity contribution in [3.63, 3.8) is 0 Å². The lowest BCUT2D eigenvalue weighted by Gasteiger charge is -2.21. The Hall–Kier alpha value is -1.96. The molecule has 2 aromatic carbocycles. The number of phenols is 1. The second kappa shape index (κ2) is 5.58. The van der Waals surface area contributed by atoms with Crippen LogP contribution in [0.15, 0.2) is 48.5 Å². The maximum atomic E-state index is 9.48. The molecule has 0 saturated heterocycles. The highest BCUT2D eigenvalue weighted by molar-refractivity contribution is 5.49. The first-order valence-electron chi connectivity index (χ1n) is 7.02. The van der Waals surface area contributed by atoms with Gasteiger partial charge >= 0.3 is 0 Å². The zero-order valence-corrected chi connectivity index (χ0v) is 12.6. The summed E-state index contributed by atoms with van der Waals surface area (Å²) >= 11 is 0. The van der Waals surface area contributed by atoms with Gasteiger partial charge in [0.25, 0.3) is 0 Å². The molecule has 20 heavy (non-hydrogen) atoms. The van der Waals surface area contributed by atoms with Crippen molar-refractivity contribution in [3.05, 3.63) is 59.7 Å². The fourth-order valence-corrected chi connectivity index (χ4v) is 2.20. The zero-order valence-electron chi connectivity index (χ0n) is 12.6. The van der Waals surface area contributed by atoms with Gasteiger partial charge in [0.05, 0.1) is 0 Å². The lowest BCUT2D eigenvalue weighted by molar-refractivity contribution is 0.475. The monoisotopic (exact) mass is 269 g/mol. The quantitative estimate of drug-likeness (QED) is 0.833. The molecule has 1 atom stereocenters. The van der Waals surface area contributed by atoms with Gasteiger partial charge in [-0.2, -0.15) is 0 Å². The molecule has 106 valence electrons. The molecule has 0 aliphatic rings. The van der Waals surface area contributed by atoms with Gasteiger partial charge in [0.1, 0.15) is 5.75 Å². The second-order valence-electron chi connectivity index (χ2n) is 6.29. The van der Waals surface area contributed by atoms with Crippen molar-refractivity contribution in [3.8, 4) is 5.75 Å². The van der Waals surface area contributed by atoms with Crippen LogP contribution in [0.4, 0.5) is 5.69 Å². The van der Waals surface area contributed by atoms with Gasteiger partial charge in [0.15, 0.2) is 0 Å². The lowest BCUT2D eigenvalue weighted by Crippen LogP contribution is -2.12. The van der Waals surface area contributed by atoms with E-state index < -0.39 is 0 Å². The van der Waals surface area contributed by atoms with E-state index in [1.54, 1.807) is 12.1 Å². The topological polar surface area (TPSA) is 32.3 Å². The zero-order chi connectivity index (χ0) is 14.8. The van der Waals surface area contributed by atoms with Gasteiger partial charge in [-0.15, -0.1) is 0 Å². The molecule has 0 bridgehead atoms. The van der Waals surface area contributed by atoms with Crippen LogP contribution < -0.4 is 5.32 Å². The molecule has 0 heterocycles. The van der Waals surface area contributed by atoms with Gasteiger partial charge in [-0.3, -0.25) is 0 Å². The first-order valence-corrected chi connectivity index (χ1v) is 7.02. The first kappa shape index (κ1) is 14.4. The molecular formula is C18H23NO. The molecule has 2 aromatic rings. The number of benzene rings is 2. The van der Waals surface area contributed by atoms with E-state index >= 15 is 0 Å². The number of hydrogen-bond acceptors (Lipinski definition) is 2. The highest BCUT2D eigenvalue weighted by atomic mass is 16.3. The summed E-state index contributed by atoms with van der Waals surface area (Å²) in [6.07, 6.45) is 0. The molecule has 1 unspecified atom stereocenters. The predicted octanol–water partition coefficient (Wildman–Crippen LogP) is 4.86. The Kier molecular flexibility index (Phi) is 4.03. The van der Waals surface area contributed by atoms with Crippen molar-refractivity contribution in [2.24, 2.45) is 0 Å². The average Bonchev–Trinajstić information content (AvgIpc) is 2.38. The highest BCUT2D eigenvalue weighted by Gasteiger charge is 2.14. The molecule has 2 rings (SSSR count). The number of aromatic hydroxyl groups is 1. The summed E-state index contributed by atoms with van der Waals surface area (Å²) in [5.41, 5.74) is 3.69. The van der Waals surface area contributed by atoms with Crippen LogP contribution in [0.3, 0.4) is 0 Å². The molecule has 0 radical (unpaired) electrons. The Morgan fingerprint density at radius 3 is 2.20 bits per heavy atom. The van der Waals surface area contributed by atoms with Gasteiger partial charge in [-0.05, 0) is 35.6 Å². The molecule has 0 spiro atoms. The maximum Gasteiger partial charge on any atom is 0.117 e. The SMILES string of the molecule is CC(Nc1cccc(O)c1)c1ccc(C(C)(C)C)cc1. The number of anilines is 1. The van der Waals surface area contributed by atoms with Gasteiger partial charge < -0.3 is 10.4 Å². The molecule has 0 aromatic heterocycles. The van der Waals surface area contributed by atoms with Crippen LogP contribution in [0, 0.1) is 0 Å². The van der Waals surface area contributed by atoms with Crippen molar-refractivity contribution in [2.45, 2.75) is 39.2 Å². The third-order valence-electron chi connectivity index (χ3n) is 3.51. The first-order chi connectivity index (χ1) is 9.36. The fourth-order valence-electron chi connectivity index (χ4n) is 2.20. The normalized spacial score (nSPS) is 13.0. The molecule has 2 heteroatoms. The van der Waals surface area contributed by atoms with E-state index in [2.05, 4.69) is 57.3 Å². The molecule has 2 nitrogen and oxygen atoms in total. The fraction of sp³-hybridized carbons (Fsp3) is 0.333. The van der Waals surface area contributed by atoms with Crippen molar-refractivity contribution in [1.29, 1.82) is 0 Å². The van der Waals surface area contributed by atoms with Crippen LogP contribution in [-0.4, -0.2) is 5.11 Å². The largest absolute Gasteiger partial charge is 0.508 e. The van der Waals surface area contributed by atoms with E-state index in [0.29, 0.717) is 0 Å². The molecular weight excluding hydrogens is 246 g/mol. The summed E-state index contributed by atoms with van der Waals surface area (Å²) in [5, 5.41) is 12.9. The van der Waals surface area contributed by atoms with E-state index in [1.807, 2.05) is 12.1 Å². The molecule has 0 saturated carbocycles. The third kappa shape index (κ3) is 3.53.